The number of aromatic nitrogens is 2. The van der Waals surface area contributed by atoms with Crippen molar-refractivity contribution >= 4 is 0 Å². The Bertz CT molecular complexity index is 736. The molecule has 0 amide bonds. The summed E-state index contributed by atoms with van der Waals surface area (Å²) in [5, 5.41) is 22.9. The first kappa shape index (κ1) is 16.8. The van der Waals surface area contributed by atoms with Crippen molar-refractivity contribution in [2.75, 3.05) is 20.3 Å². The molecule has 1 aliphatic heterocycles. The number of hydrogen-bond donors (Lipinski definition) is 2. The molecule has 0 saturated carbocycles. The van der Waals surface area contributed by atoms with Gasteiger partial charge in [-0.05, 0) is 12.1 Å². The van der Waals surface area contributed by atoms with Crippen LogP contribution in [0.3, 0.4) is 0 Å². The molecule has 130 valence electrons. The maximum atomic E-state index is 14.3. The van der Waals surface area contributed by atoms with Crippen LogP contribution in [0.2, 0.25) is 0 Å². The molecule has 0 bridgehead atoms. The van der Waals surface area contributed by atoms with Gasteiger partial charge in [-0.2, -0.15) is 5.10 Å². The molecule has 0 fully saturated rings. The van der Waals surface area contributed by atoms with Gasteiger partial charge < -0.3 is 14.9 Å². The van der Waals surface area contributed by atoms with Crippen LogP contribution in [0.1, 0.15) is 23.1 Å². The van der Waals surface area contributed by atoms with Crippen molar-refractivity contribution in [3.63, 3.8) is 0 Å². The Morgan fingerprint density at radius 2 is 2.12 bits per heavy atom. The van der Waals surface area contributed by atoms with Crippen molar-refractivity contribution in [3.05, 3.63) is 46.8 Å². The van der Waals surface area contributed by atoms with Crippen LogP contribution in [0.4, 0.5) is 8.78 Å². The highest BCUT2D eigenvalue weighted by molar-refractivity contribution is 5.32. The van der Waals surface area contributed by atoms with E-state index >= 15 is 0 Å². The molecule has 2 aromatic rings. The Morgan fingerprint density at radius 1 is 1.33 bits per heavy atom. The number of rotatable bonds is 5. The highest BCUT2D eigenvalue weighted by Gasteiger charge is 2.23. The standard InChI is InChI=1S/C16H19F2N3O3/c1-24-16-12(17)3-2-10(15(16)18)7-20-4-5-21-11(8-20)6-13(19-21)14(23)9-22/h2-3,6,14,22-23H,4-5,7-9H2,1H3. The number of aliphatic hydroxyl groups is 2. The average molecular weight is 339 g/mol. The Balaban J connectivity index is 1.76. The van der Waals surface area contributed by atoms with E-state index in [-0.39, 0.29) is 12.4 Å². The van der Waals surface area contributed by atoms with Crippen LogP contribution in [-0.4, -0.2) is 45.2 Å². The monoisotopic (exact) mass is 339 g/mol. The van der Waals surface area contributed by atoms with Gasteiger partial charge in [0.15, 0.2) is 17.4 Å². The minimum Gasteiger partial charge on any atom is -0.491 e. The second-order valence-electron chi connectivity index (χ2n) is 5.75. The summed E-state index contributed by atoms with van der Waals surface area (Å²) >= 11 is 0. The number of halogens is 2. The van der Waals surface area contributed by atoms with Crippen molar-refractivity contribution in [1.29, 1.82) is 0 Å². The summed E-state index contributed by atoms with van der Waals surface area (Å²) in [5.41, 5.74) is 1.65. The van der Waals surface area contributed by atoms with Crippen LogP contribution in [0.15, 0.2) is 18.2 Å². The van der Waals surface area contributed by atoms with E-state index < -0.39 is 17.7 Å². The SMILES string of the molecule is COc1c(F)ccc(CN2CCn3nc(C(O)CO)cc3C2)c1F. The van der Waals surface area contributed by atoms with Gasteiger partial charge in [0.1, 0.15) is 6.10 Å². The van der Waals surface area contributed by atoms with Crippen LogP contribution in [0.25, 0.3) is 0 Å². The van der Waals surface area contributed by atoms with Crippen LogP contribution >= 0.6 is 0 Å². The lowest BCUT2D eigenvalue weighted by atomic mass is 10.1. The summed E-state index contributed by atoms with van der Waals surface area (Å²) in [6.45, 7) is 1.67. The number of hydrogen-bond acceptors (Lipinski definition) is 5. The van der Waals surface area contributed by atoms with Crippen LogP contribution in [-0.2, 0) is 19.6 Å². The van der Waals surface area contributed by atoms with Gasteiger partial charge in [-0.15, -0.1) is 0 Å². The molecule has 6 nitrogen and oxygen atoms in total. The summed E-state index contributed by atoms with van der Waals surface area (Å²) in [6, 6.07) is 4.34. The highest BCUT2D eigenvalue weighted by Crippen LogP contribution is 2.26. The minimum absolute atomic E-state index is 0.311. The van der Waals surface area contributed by atoms with Crippen molar-refractivity contribution < 1.29 is 23.7 Å². The smallest absolute Gasteiger partial charge is 0.190 e. The van der Waals surface area contributed by atoms with Crippen molar-refractivity contribution in [2.45, 2.75) is 25.7 Å². The molecule has 3 rings (SSSR count). The first-order chi connectivity index (χ1) is 11.5. The lowest BCUT2D eigenvalue weighted by molar-refractivity contribution is 0.0915. The van der Waals surface area contributed by atoms with E-state index in [9.17, 15) is 13.9 Å². The molecule has 24 heavy (non-hydrogen) atoms. The third-order valence-electron chi connectivity index (χ3n) is 4.14. The second-order valence-corrected chi connectivity index (χ2v) is 5.75. The third kappa shape index (κ3) is 3.12. The molecule has 0 spiro atoms. The summed E-state index contributed by atoms with van der Waals surface area (Å²) in [6.07, 6.45) is -1.00. The fraction of sp³-hybridized carbons (Fsp3) is 0.438. The number of fused-ring (bicyclic) bond motifs is 1. The third-order valence-corrected chi connectivity index (χ3v) is 4.14. The fourth-order valence-corrected chi connectivity index (χ4v) is 2.86. The van der Waals surface area contributed by atoms with Crippen molar-refractivity contribution in [1.82, 2.24) is 14.7 Å². The Morgan fingerprint density at radius 3 is 2.83 bits per heavy atom. The molecule has 2 N–H and O–H groups in total. The second kappa shape index (κ2) is 6.84. The lowest BCUT2D eigenvalue weighted by Crippen LogP contribution is -2.33. The van der Waals surface area contributed by atoms with E-state index in [1.165, 1.54) is 19.2 Å². The summed E-state index contributed by atoms with van der Waals surface area (Å²) in [5.74, 6) is -1.78. The number of aliphatic hydroxyl groups excluding tert-OH is 2. The normalized spacial score (nSPS) is 16.0. The molecule has 1 unspecified atom stereocenters. The van der Waals surface area contributed by atoms with E-state index in [1.54, 1.807) is 10.7 Å². The van der Waals surface area contributed by atoms with Crippen molar-refractivity contribution in [2.24, 2.45) is 0 Å². The largest absolute Gasteiger partial charge is 0.491 e. The zero-order valence-electron chi connectivity index (χ0n) is 13.2. The summed E-state index contributed by atoms with van der Waals surface area (Å²) < 4.78 is 34.3. The molecular weight excluding hydrogens is 320 g/mol. The van der Waals surface area contributed by atoms with E-state index in [4.69, 9.17) is 9.84 Å². The number of nitrogens with zero attached hydrogens (tertiary/aromatic N) is 3. The first-order valence-corrected chi connectivity index (χ1v) is 7.62. The van der Waals surface area contributed by atoms with E-state index in [0.29, 0.717) is 37.4 Å². The van der Waals surface area contributed by atoms with E-state index in [1.807, 2.05) is 4.90 Å². The number of methoxy groups -OCH3 is 1. The summed E-state index contributed by atoms with van der Waals surface area (Å²) in [4.78, 5) is 2.00. The van der Waals surface area contributed by atoms with Gasteiger partial charge in [-0.1, -0.05) is 6.07 Å². The maximum Gasteiger partial charge on any atom is 0.190 e. The molecule has 1 aliphatic rings. The zero-order valence-corrected chi connectivity index (χ0v) is 13.2. The Kier molecular flexibility index (Phi) is 4.79. The predicted octanol–water partition coefficient (Wildman–Crippen LogP) is 1.21. The first-order valence-electron chi connectivity index (χ1n) is 7.62. The molecule has 0 saturated heterocycles. The highest BCUT2D eigenvalue weighted by atomic mass is 19.1. The van der Waals surface area contributed by atoms with Gasteiger partial charge >= 0.3 is 0 Å². The Hall–Kier alpha value is -2.03. The molecule has 1 aromatic carbocycles. The maximum absolute atomic E-state index is 14.3. The molecule has 1 aromatic heterocycles. The minimum atomic E-state index is -1.00. The molecule has 0 radical (unpaired) electrons. The molecule has 2 heterocycles. The average Bonchev–Trinajstić information content (AvgIpc) is 3.00. The van der Waals surface area contributed by atoms with Gasteiger partial charge in [-0.3, -0.25) is 9.58 Å². The predicted molar refractivity (Wildman–Crippen MR) is 81.3 cm³/mol. The van der Waals surface area contributed by atoms with Gasteiger partial charge in [0.25, 0.3) is 0 Å². The topological polar surface area (TPSA) is 70.8 Å². The van der Waals surface area contributed by atoms with Crippen molar-refractivity contribution in [3.8, 4) is 5.75 Å². The quantitative estimate of drug-likeness (QED) is 0.857. The van der Waals surface area contributed by atoms with Crippen LogP contribution < -0.4 is 4.74 Å². The zero-order chi connectivity index (χ0) is 17.3. The fourth-order valence-electron chi connectivity index (χ4n) is 2.86. The van der Waals surface area contributed by atoms with E-state index in [0.717, 1.165) is 5.69 Å². The van der Waals surface area contributed by atoms with E-state index in [2.05, 4.69) is 5.10 Å². The number of ether oxygens (including phenoxy) is 1. The van der Waals surface area contributed by atoms with Gasteiger partial charge in [0, 0.05) is 25.2 Å². The van der Waals surface area contributed by atoms with Gasteiger partial charge in [-0.25, -0.2) is 8.78 Å². The Labute approximate surface area is 137 Å². The van der Waals surface area contributed by atoms with Crippen LogP contribution in [0, 0.1) is 11.6 Å². The summed E-state index contributed by atoms with van der Waals surface area (Å²) in [7, 11) is 1.23. The molecule has 8 heteroatoms. The molecule has 1 atom stereocenters. The number of benzene rings is 1. The van der Waals surface area contributed by atoms with Gasteiger partial charge in [0.05, 0.1) is 31.6 Å². The molecule has 0 aliphatic carbocycles. The van der Waals surface area contributed by atoms with Gasteiger partial charge in [0.2, 0.25) is 0 Å². The van der Waals surface area contributed by atoms with Crippen LogP contribution in [0.5, 0.6) is 5.75 Å². The molecular formula is C16H19F2N3O3. The lowest BCUT2D eigenvalue weighted by Gasteiger charge is -2.27.